The zero-order valence-electron chi connectivity index (χ0n) is 12.4. The van der Waals surface area contributed by atoms with Crippen molar-refractivity contribution in [2.45, 2.75) is 44.7 Å². The third kappa shape index (κ3) is 3.19. The summed E-state index contributed by atoms with van der Waals surface area (Å²) in [6, 6.07) is 9.66. The highest BCUT2D eigenvalue weighted by atomic mass is 35.5. The van der Waals surface area contributed by atoms with E-state index >= 15 is 0 Å². The first-order valence-corrected chi connectivity index (χ1v) is 8.35. The minimum absolute atomic E-state index is 0.472. The van der Waals surface area contributed by atoms with Crippen molar-refractivity contribution in [3.8, 4) is 0 Å². The Hall–Kier alpha value is -0.570. The van der Waals surface area contributed by atoms with Gasteiger partial charge in [-0.3, -0.25) is 9.80 Å². The Labute approximate surface area is 127 Å². The van der Waals surface area contributed by atoms with Crippen LogP contribution in [0.3, 0.4) is 0 Å². The van der Waals surface area contributed by atoms with Gasteiger partial charge in [0.25, 0.3) is 0 Å². The number of piperazine rings is 1. The normalized spacial score (nSPS) is 24.1. The molecule has 1 saturated carbocycles. The third-order valence-corrected chi connectivity index (χ3v) is 5.30. The van der Waals surface area contributed by atoms with E-state index in [0.717, 1.165) is 11.1 Å². The van der Waals surface area contributed by atoms with E-state index in [9.17, 15) is 0 Å². The molecule has 1 atom stereocenters. The number of rotatable bonds is 3. The lowest BCUT2D eigenvalue weighted by atomic mass is 10.1. The van der Waals surface area contributed by atoms with Gasteiger partial charge in [-0.15, -0.1) is 0 Å². The van der Waals surface area contributed by atoms with Crippen molar-refractivity contribution in [3.05, 3.63) is 34.9 Å². The van der Waals surface area contributed by atoms with Crippen LogP contribution in [0.1, 0.15) is 44.2 Å². The molecule has 0 N–H and O–H groups in total. The first-order chi connectivity index (χ1) is 9.74. The molecule has 2 nitrogen and oxygen atoms in total. The van der Waals surface area contributed by atoms with E-state index < -0.39 is 0 Å². The van der Waals surface area contributed by atoms with E-state index in [1.807, 2.05) is 6.07 Å². The van der Waals surface area contributed by atoms with Gasteiger partial charge < -0.3 is 0 Å². The Morgan fingerprint density at radius 3 is 2.45 bits per heavy atom. The molecule has 0 bridgehead atoms. The minimum Gasteiger partial charge on any atom is -0.298 e. The summed E-state index contributed by atoms with van der Waals surface area (Å²) in [5, 5.41) is 0.846. The van der Waals surface area contributed by atoms with Gasteiger partial charge in [0.15, 0.2) is 0 Å². The molecule has 1 aliphatic heterocycles. The second-order valence-electron chi connectivity index (χ2n) is 6.24. The molecule has 1 saturated heterocycles. The van der Waals surface area contributed by atoms with E-state index in [-0.39, 0.29) is 0 Å². The van der Waals surface area contributed by atoms with Crippen molar-refractivity contribution in [3.63, 3.8) is 0 Å². The number of halogens is 1. The Kier molecular flexibility index (Phi) is 4.65. The second kappa shape index (κ2) is 6.46. The SMILES string of the molecule is CC(c1cccc(Cl)c1)N1CCN(C2CCCC2)CC1. The van der Waals surface area contributed by atoms with Crippen molar-refractivity contribution >= 4 is 11.6 Å². The van der Waals surface area contributed by atoms with Crippen LogP contribution in [-0.4, -0.2) is 42.0 Å². The lowest BCUT2D eigenvalue weighted by molar-refractivity contribution is 0.0751. The first kappa shape index (κ1) is 14.4. The highest BCUT2D eigenvalue weighted by Crippen LogP contribution is 2.27. The van der Waals surface area contributed by atoms with Gasteiger partial charge in [-0.1, -0.05) is 36.6 Å². The molecule has 0 aromatic heterocycles. The Morgan fingerprint density at radius 2 is 1.80 bits per heavy atom. The molecular weight excluding hydrogens is 268 g/mol. The molecule has 0 amide bonds. The highest BCUT2D eigenvalue weighted by Gasteiger charge is 2.28. The predicted octanol–water partition coefficient (Wildman–Crippen LogP) is 3.96. The van der Waals surface area contributed by atoms with Crippen LogP contribution in [0.25, 0.3) is 0 Å². The summed E-state index contributed by atoms with van der Waals surface area (Å²) in [5.74, 6) is 0. The van der Waals surface area contributed by atoms with Crippen LogP contribution in [0, 0.1) is 0 Å². The van der Waals surface area contributed by atoms with Gasteiger partial charge in [-0.2, -0.15) is 0 Å². The molecule has 1 heterocycles. The van der Waals surface area contributed by atoms with Crippen LogP contribution in [0.4, 0.5) is 0 Å². The third-order valence-electron chi connectivity index (χ3n) is 5.07. The molecule has 3 rings (SSSR count). The van der Waals surface area contributed by atoms with Gasteiger partial charge in [-0.25, -0.2) is 0 Å². The summed E-state index contributed by atoms with van der Waals surface area (Å²) < 4.78 is 0. The van der Waals surface area contributed by atoms with Crippen LogP contribution in [-0.2, 0) is 0 Å². The fraction of sp³-hybridized carbons (Fsp3) is 0.647. The largest absolute Gasteiger partial charge is 0.298 e. The molecule has 3 heteroatoms. The maximum Gasteiger partial charge on any atom is 0.0409 e. The van der Waals surface area contributed by atoms with Crippen molar-refractivity contribution in [2.75, 3.05) is 26.2 Å². The zero-order valence-corrected chi connectivity index (χ0v) is 13.1. The van der Waals surface area contributed by atoms with Gasteiger partial charge in [0, 0.05) is 43.3 Å². The molecule has 20 heavy (non-hydrogen) atoms. The standard InChI is InChI=1S/C17H25ClN2/c1-14(15-5-4-6-16(18)13-15)19-9-11-20(12-10-19)17-7-2-3-8-17/h4-6,13-14,17H,2-3,7-12H2,1H3. The van der Waals surface area contributed by atoms with Gasteiger partial charge in [0.05, 0.1) is 0 Å². The smallest absolute Gasteiger partial charge is 0.0409 e. The van der Waals surface area contributed by atoms with Gasteiger partial charge in [0.2, 0.25) is 0 Å². The quantitative estimate of drug-likeness (QED) is 0.832. The summed E-state index contributed by atoms with van der Waals surface area (Å²) in [7, 11) is 0. The van der Waals surface area contributed by atoms with Crippen molar-refractivity contribution in [1.29, 1.82) is 0 Å². The molecule has 110 valence electrons. The fourth-order valence-electron chi connectivity index (χ4n) is 3.74. The lowest BCUT2D eigenvalue weighted by Gasteiger charge is -2.40. The first-order valence-electron chi connectivity index (χ1n) is 7.97. The van der Waals surface area contributed by atoms with Gasteiger partial charge in [0.1, 0.15) is 0 Å². The Balaban J connectivity index is 1.57. The average molecular weight is 293 g/mol. The van der Waals surface area contributed by atoms with Crippen LogP contribution in [0.15, 0.2) is 24.3 Å². The molecule has 0 spiro atoms. The van der Waals surface area contributed by atoms with E-state index in [1.165, 1.54) is 57.4 Å². The summed E-state index contributed by atoms with van der Waals surface area (Å²) in [5.41, 5.74) is 1.34. The summed E-state index contributed by atoms with van der Waals surface area (Å²) in [6.45, 7) is 7.14. The van der Waals surface area contributed by atoms with Crippen molar-refractivity contribution < 1.29 is 0 Å². The van der Waals surface area contributed by atoms with E-state index in [2.05, 4.69) is 34.9 Å². The molecule has 0 radical (unpaired) electrons. The number of hydrogen-bond acceptors (Lipinski definition) is 2. The fourth-order valence-corrected chi connectivity index (χ4v) is 3.94. The van der Waals surface area contributed by atoms with Gasteiger partial charge >= 0.3 is 0 Å². The summed E-state index contributed by atoms with van der Waals surface area (Å²) in [4.78, 5) is 5.31. The molecule has 1 aromatic rings. The lowest BCUT2D eigenvalue weighted by Crippen LogP contribution is -2.50. The van der Waals surface area contributed by atoms with Crippen LogP contribution < -0.4 is 0 Å². The summed E-state index contributed by atoms with van der Waals surface area (Å²) >= 11 is 6.11. The Morgan fingerprint density at radius 1 is 1.10 bits per heavy atom. The second-order valence-corrected chi connectivity index (χ2v) is 6.68. The highest BCUT2D eigenvalue weighted by molar-refractivity contribution is 6.30. The minimum atomic E-state index is 0.472. The molecule has 2 fully saturated rings. The van der Waals surface area contributed by atoms with Crippen LogP contribution >= 0.6 is 11.6 Å². The van der Waals surface area contributed by atoms with E-state index in [0.29, 0.717) is 6.04 Å². The van der Waals surface area contributed by atoms with E-state index in [4.69, 9.17) is 11.6 Å². The topological polar surface area (TPSA) is 6.48 Å². The molecule has 1 unspecified atom stereocenters. The maximum absolute atomic E-state index is 6.11. The summed E-state index contributed by atoms with van der Waals surface area (Å²) in [6.07, 6.45) is 5.71. The Bertz CT molecular complexity index is 434. The zero-order chi connectivity index (χ0) is 13.9. The monoisotopic (exact) mass is 292 g/mol. The van der Waals surface area contributed by atoms with Gasteiger partial charge in [-0.05, 0) is 37.5 Å². The molecule has 1 aliphatic carbocycles. The maximum atomic E-state index is 6.11. The predicted molar refractivity (Wildman–Crippen MR) is 85.3 cm³/mol. The van der Waals surface area contributed by atoms with Crippen LogP contribution in [0.5, 0.6) is 0 Å². The number of hydrogen-bond donors (Lipinski definition) is 0. The number of nitrogens with zero attached hydrogens (tertiary/aromatic N) is 2. The van der Waals surface area contributed by atoms with Crippen molar-refractivity contribution in [1.82, 2.24) is 9.80 Å². The van der Waals surface area contributed by atoms with Crippen LogP contribution in [0.2, 0.25) is 5.02 Å². The molecule has 1 aromatic carbocycles. The molecule has 2 aliphatic rings. The van der Waals surface area contributed by atoms with Crippen molar-refractivity contribution in [2.24, 2.45) is 0 Å². The van der Waals surface area contributed by atoms with E-state index in [1.54, 1.807) is 0 Å². The number of benzene rings is 1. The average Bonchev–Trinajstić information content (AvgIpc) is 3.01. The molecular formula is C17H25ClN2.